The molecule has 4 rings (SSSR count). The Hall–Kier alpha value is -2.99. The van der Waals surface area contributed by atoms with Gasteiger partial charge in [-0.05, 0) is 57.4 Å². The Morgan fingerprint density at radius 2 is 1.90 bits per heavy atom. The van der Waals surface area contributed by atoms with Crippen molar-refractivity contribution in [1.29, 1.82) is 0 Å². The lowest BCUT2D eigenvalue weighted by atomic mass is 9.96. The number of halogens is 1. The molecule has 6 heteroatoms. The molecule has 3 aromatic rings. The van der Waals surface area contributed by atoms with Gasteiger partial charge in [0.1, 0.15) is 11.4 Å². The van der Waals surface area contributed by atoms with E-state index in [9.17, 15) is 14.0 Å². The van der Waals surface area contributed by atoms with E-state index >= 15 is 0 Å². The predicted molar refractivity (Wildman–Crippen MR) is 117 cm³/mol. The van der Waals surface area contributed by atoms with Gasteiger partial charge in [0.25, 0.3) is 5.91 Å². The summed E-state index contributed by atoms with van der Waals surface area (Å²) in [6.07, 6.45) is 0.642. The first-order chi connectivity index (χ1) is 14.8. The Bertz CT molecular complexity index is 1210. The van der Waals surface area contributed by atoms with Crippen molar-refractivity contribution in [1.82, 2.24) is 4.90 Å². The lowest BCUT2D eigenvalue weighted by Crippen LogP contribution is -2.32. The summed E-state index contributed by atoms with van der Waals surface area (Å²) in [5.41, 5.74) is 2.31. The molecule has 1 aliphatic rings. The number of ether oxygens (including phenoxy) is 1. The Kier molecular flexibility index (Phi) is 5.67. The van der Waals surface area contributed by atoms with Gasteiger partial charge < -0.3 is 14.1 Å². The fourth-order valence-electron chi connectivity index (χ4n) is 4.32. The second-order valence-corrected chi connectivity index (χ2v) is 8.32. The fraction of sp³-hybridized carbons (Fsp3) is 0.360. The molecule has 31 heavy (non-hydrogen) atoms. The zero-order valence-electron chi connectivity index (χ0n) is 18.2. The fourth-order valence-corrected chi connectivity index (χ4v) is 4.32. The molecule has 0 saturated carbocycles. The zero-order valence-corrected chi connectivity index (χ0v) is 18.2. The highest BCUT2D eigenvalue weighted by Gasteiger charge is 2.43. The monoisotopic (exact) mass is 423 g/mol. The third-order valence-corrected chi connectivity index (χ3v) is 5.61. The molecule has 2 heterocycles. The number of amides is 1. The van der Waals surface area contributed by atoms with Crippen molar-refractivity contribution >= 4 is 16.9 Å². The van der Waals surface area contributed by atoms with Gasteiger partial charge in [-0.25, -0.2) is 4.39 Å². The average Bonchev–Trinajstić information content (AvgIpc) is 2.97. The molecule has 0 spiro atoms. The quantitative estimate of drug-likeness (QED) is 0.529. The standard InChI is InChI=1S/C25H26FNO4/c1-14(2)30-11-7-10-27-22(17-8-5-6-9-18(17)26)21-23(28)20-16(4)12-15(3)13-19(20)31-24(21)25(27)29/h5-6,8-9,12-14,22H,7,10-11H2,1-4H3/t22-/m1/s1. The molecule has 2 aromatic carbocycles. The molecule has 0 fully saturated rings. The van der Waals surface area contributed by atoms with Gasteiger partial charge in [-0.15, -0.1) is 0 Å². The highest BCUT2D eigenvalue weighted by Crippen LogP contribution is 2.39. The van der Waals surface area contributed by atoms with Gasteiger partial charge in [0.05, 0.1) is 23.1 Å². The van der Waals surface area contributed by atoms with Crippen LogP contribution in [-0.2, 0) is 4.74 Å². The molecule has 0 radical (unpaired) electrons. The van der Waals surface area contributed by atoms with E-state index < -0.39 is 17.8 Å². The molecule has 1 aliphatic heterocycles. The lowest BCUT2D eigenvalue weighted by molar-refractivity contribution is 0.0592. The molecule has 0 bridgehead atoms. The molecule has 1 atom stereocenters. The zero-order chi connectivity index (χ0) is 22.3. The third-order valence-electron chi connectivity index (χ3n) is 5.61. The van der Waals surface area contributed by atoms with Gasteiger partial charge in [-0.2, -0.15) is 0 Å². The maximum atomic E-state index is 14.8. The molecule has 0 N–H and O–H groups in total. The number of carbonyl (C=O) groups excluding carboxylic acids is 1. The average molecular weight is 423 g/mol. The van der Waals surface area contributed by atoms with Gasteiger partial charge in [-0.1, -0.05) is 24.3 Å². The highest BCUT2D eigenvalue weighted by molar-refractivity contribution is 5.99. The lowest BCUT2D eigenvalue weighted by Gasteiger charge is -2.25. The highest BCUT2D eigenvalue weighted by atomic mass is 19.1. The molecule has 0 saturated heterocycles. The van der Waals surface area contributed by atoms with Crippen LogP contribution in [0, 0.1) is 19.7 Å². The first kappa shape index (κ1) is 21.2. The van der Waals surface area contributed by atoms with Crippen molar-refractivity contribution in [3.8, 4) is 0 Å². The number of aryl methyl sites for hydroxylation is 2. The van der Waals surface area contributed by atoms with Gasteiger partial charge in [0.15, 0.2) is 5.43 Å². The van der Waals surface area contributed by atoms with Gasteiger partial charge >= 0.3 is 0 Å². The summed E-state index contributed by atoms with van der Waals surface area (Å²) >= 11 is 0. The number of rotatable bonds is 6. The van der Waals surface area contributed by atoms with E-state index in [0.717, 1.165) is 11.1 Å². The van der Waals surface area contributed by atoms with Crippen LogP contribution in [0.25, 0.3) is 11.0 Å². The molecular weight excluding hydrogens is 397 g/mol. The first-order valence-corrected chi connectivity index (χ1v) is 10.5. The second-order valence-electron chi connectivity index (χ2n) is 8.32. The van der Waals surface area contributed by atoms with Crippen LogP contribution >= 0.6 is 0 Å². The summed E-state index contributed by atoms with van der Waals surface area (Å²) in [7, 11) is 0. The SMILES string of the molecule is Cc1cc(C)c2c(=O)c3c(oc2c1)C(=O)N(CCCOC(C)C)[C@@H]3c1ccccc1F. The Balaban J connectivity index is 1.87. The summed E-state index contributed by atoms with van der Waals surface area (Å²) < 4.78 is 26.4. The molecule has 0 aliphatic carbocycles. The summed E-state index contributed by atoms with van der Waals surface area (Å²) in [5, 5.41) is 0.434. The van der Waals surface area contributed by atoms with Crippen LogP contribution in [0.5, 0.6) is 0 Å². The van der Waals surface area contributed by atoms with Gasteiger partial charge in [0.2, 0.25) is 5.76 Å². The van der Waals surface area contributed by atoms with Crippen LogP contribution in [0.15, 0.2) is 45.6 Å². The smallest absolute Gasteiger partial charge is 0.290 e. The van der Waals surface area contributed by atoms with Crippen molar-refractivity contribution < 1.29 is 18.3 Å². The van der Waals surface area contributed by atoms with Crippen LogP contribution in [-0.4, -0.2) is 30.1 Å². The Morgan fingerprint density at radius 3 is 2.61 bits per heavy atom. The first-order valence-electron chi connectivity index (χ1n) is 10.5. The van der Waals surface area contributed by atoms with E-state index in [-0.39, 0.29) is 28.4 Å². The van der Waals surface area contributed by atoms with Crippen LogP contribution < -0.4 is 5.43 Å². The molecule has 5 nitrogen and oxygen atoms in total. The van der Waals surface area contributed by atoms with Crippen molar-refractivity contribution in [3.63, 3.8) is 0 Å². The number of fused-ring (bicyclic) bond motifs is 2. The minimum atomic E-state index is -0.830. The maximum Gasteiger partial charge on any atom is 0.290 e. The number of hydrogen-bond acceptors (Lipinski definition) is 4. The number of nitrogens with zero attached hydrogens (tertiary/aromatic N) is 1. The van der Waals surface area contributed by atoms with Crippen LogP contribution in [0.4, 0.5) is 4.39 Å². The summed E-state index contributed by atoms with van der Waals surface area (Å²) in [6, 6.07) is 9.09. The second kappa shape index (κ2) is 8.27. The minimum absolute atomic E-state index is 0.000492. The van der Waals surface area contributed by atoms with Crippen molar-refractivity contribution in [2.45, 2.75) is 46.3 Å². The normalized spacial score (nSPS) is 15.9. The van der Waals surface area contributed by atoms with Crippen molar-refractivity contribution in [2.24, 2.45) is 0 Å². The Labute approximate surface area is 180 Å². The number of carbonyl (C=O) groups is 1. The third kappa shape index (κ3) is 3.76. The van der Waals surface area contributed by atoms with Crippen molar-refractivity contribution in [3.05, 3.63) is 80.5 Å². The molecular formula is C25H26FNO4. The number of hydrogen-bond donors (Lipinski definition) is 0. The van der Waals surface area contributed by atoms with Gasteiger partial charge in [0, 0.05) is 18.7 Å². The predicted octanol–water partition coefficient (Wildman–Crippen LogP) is 4.91. The van der Waals surface area contributed by atoms with E-state index in [2.05, 4.69) is 0 Å². The van der Waals surface area contributed by atoms with E-state index in [4.69, 9.17) is 9.15 Å². The van der Waals surface area contributed by atoms with E-state index in [1.165, 1.54) is 11.0 Å². The van der Waals surface area contributed by atoms with Crippen LogP contribution in [0.3, 0.4) is 0 Å². The molecule has 0 unspecified atom stereocenters. The molecule has 1 aromatic heterocycles. The van der Waals surface area contributed by atoms with Crippen molar-refractivity contribution in [2.75, 3.05) is 13.2 Å². The minimum Gasteiger partial charge on any atom is -0.450 e. The summed E-state index contributed by atoms with van der Waals surface area (Å²) in [4.78, 5) is 28.4. The Morgan fingerprint density at radius 1 is 1.16 bits per heavy atom. The topological polar surface area (TPSA) is 59.8 Å². The van der Waals surface area contributed by atoms with Gasteiger partial charge in [-0.3, -0.25) is 9.59 Å². The van der Waals surface area contributed by atoms with E-state index in [1.54, 1.807) is 24.3 Å². The summed E-state index contributed by atoms with van der Waals surface area (Å²) in [5.74, 6) is -0.858. The van der Waals surface area contributed by atoms with Crippen LogP contribution in [0.1, 0.15) is 59.1 Å². The van der Waals surface area contributed by atoms with E-state index in [0.29, 0.717) is 30.5 Å². The number of benzene rings is 2. The largest absolute Gasteiger partial charge is 0.450 e. The summed E-state index contributed by atoms with van der Waals surface area (Å²) in [6.45, 7) is 8.42. The molecule has 1 amide bonds. The molecule has 162 valence electrons. The van der Waals surface area contributed by atoms with E-state index in [1.807, 2.05) is 33.8 Å². The maximum absolute atomic E-state index is 14.8. The van der Waals surface area contributed by atoms with Crippen LogP contribution in [0.2, 0.25) is 0 Å².